The fourth-order valence-corrected chi connectivity index (χ4v) is 2.63. The zero-order valence-electron chi connectivity index (χ0n) is 14.4. The molecule has 136 valence electrons. The number of benzene rings is 2. The lowest BCUT2D eigenvalue weighted by atomic mass is 9.90. The van der Waals surface area contributed by atoms with E-state index >= 15 is 0 Å². The molecule has 2 aromatic rings. The summed E-state index contributed by atoms with van der Waals surface area (Å²) in [7, 11) is 0. The maximum atomic E-state index is 12.9. The Balaban J connectivity index is 2.25. The van der Waals surface area contributed by atoms with E-state index < -0.39 is 36.2 Å². The minimum atomic E-state index is -1.35. The van der Waals surface area contributed by atoms with Crippen molar-refractivity contribution in [2.24, 2.45) is 0 Å². The summed E-state index contributed by atoms with van der Waals surface area (Å²) in [5.41, 5.74) is 1.47. The third-order valence-corrected chi connectivity index (χ3v) is 3.82. The predicted molar refractivity (Wildman–Crippen MR) is 95.5 cm³/mol. The summed E-state index contributed by atoms with van der Waals surface area (Å²) < 4.78 is 4.78. The number of esters is 1. The highest BCUT2D eigenvalue weighted by Gasteiger charge is 2.29. The summed E-state index contributed by atoms with van der Waals surface area (Å²) in [5, 5.41) is 11.8. The van der Waals surface area contributed by atoms with Crippen LogP contribution in [0.1, 0.15) is 30.4 Å². The van der Waals surface area contributed by atoms with Gasteiger partial charge in [-0.15, -0.1) is 0 Å². The summed E-state index contributed by atoms with van der Waals surface area (Å²) in [6.07, 6.45) is -0.425. The third-order valence-electron chi connectivity index (χ3n) is 3.82. The van der Waals surface area contributed by atoms with Crippen LogP contribution < -0.4 is 5.32 Å². The summed E-state index contributed by atoms with van der Waals surface area (Å²) >= 11 is 0. The van der Waals surface area contributed by atoms with Crippen molar-refractivity contribution in [2.75, 3.05) is 6.61 Å². The fraction of sp³-hybridized carbons (Fsp3) is 0.250. The van der Waals surface area contributed by atoms with E-state index in [0.29, 0.717) is 0 Å². The lowest BCUT2D eigenvalue weighted by Crippen LogP contribution is -2.44. The molecule has 0 aliphatic rings. The van der Waals surface area contributed by atoms with Crippen molar-refractivity contribution in [3.05, 3.63) is 71.8 Å². The number of carbonyl (C=O) groups is 3. The molecular formula is C20H21NO5. The van der Waals surface area contributed by atoms with Gasteiger partial charge in [0.05, 0.1) is 18.9 Å². The van der Waals surface area contributed by atoms with E-state index in [-0.39, 0.29) is 6.61 Å². The van der Waals surface area contributed by atoms with Gasteiger partial charge < -0.3 is 15.2 Å². The van der Waals surface area contributed by atoms with Gasteiger partial charge in [-0.1, -0.05) is 60.7 Å². The number of carboxylic acids is 1. The molecule has 0 aliphatic heterocycles. The van der Waals surface area contributed by atoms with Gasteiger partial charge in [0.25, 0.3) is 0 Å². The molecule has 0 aromatic heterocycles. The maximum Gasteiger partial charge on any atom is 0.326 e. The molecule has 0 unspecified atom stereocenters. The number of nitrogens with one attached hydrogen (secondary N) is 1. The Morgan fingerprint density at radius 3 is 1.88 bits per heavy atom. The number of rotatable bonds is 8. The van der Waals surface area contributed by atoms with Crippen molar-refractivity contribution in [1.29, 1.82) is 0 Å². The number of hydrogen-bond acceptors (Lipinski definition) is 4. The molecule has 26 heavy (non-hydrogen) atoms. The van der Waals surface area contributed by atoms with Gasteiger partial charge in [0.2, 0.25) is 5.91 Å². The standard InChI is InChI=1S/C20H21NO5/c1-2-26-17(22)13-16(20(24)25)21-19(23)18(14-9-5-3-6-10-14)15-11-7-4-8-12-15/h3-12,16,18H,2,13H2,1H3,(H,21,23)(H,24,25)/t16-/m0/s1. The molecule has 0 saturated heterocycles. The second-order valence-corrected chi connectivity index (χ2v) is 5.66. The summed E-state index contributed by atoms with van der Waals surface area (Å²) in [5.74, 6) is -3.12. The van der Waals surface area contributed by atoms with Gasteiger partial charge in [-0.2, -0.15) is 0 Å². The zero-order valence-corrected chi connectivity index (χ0v) is 14.4. The number of ether oxygens (including phenoxy) is 1. The second kappa shape index (κ2) is 9.36. The molecule has 1 atom stereocenters. The molecule has 6 nitrogen and oxygen atoms in total. The average molecular weight is 355 g/mol. The van der Waals surface area contributed by atoms with Crippen molar-refractivity contribution < 1.29 is 24.2 Å². The van der Waals surface area contributed by atoms with E-state index in [1.807, 2.05) is 36.4 Å². The van der Waals surface area contributed by atoms with Crippen LogP contribution in [-0.4, -0.2) is 35.6 Å². The number of aliphatic carboxylic acids is 1. The van der Waals surface area contributed by atoms with E-state index in [2.05, 4.69) is 5.32 Å². The Kier molecular flexibility index (Phi) is 6.91. The maximum absolute atomic E-state index is 12.9. The van der Waals surface area contributed by atoms with Crippen LogP contribution in [0.15, 0.2) is 60.7 Å². The topological polar surface area (TPSA) is 92.7 Å². The first-order valence-corrected chi connectivity index (χ1v) is 8.31. The minimum Gasteiger partial charge on any atom is -0.480 e. The van der Waals surface area contributed by atoms with E-state index in [1.54, 1.807) is 31.2 Å². The van der Waals surface area contributed by atoms with Crippen molar-refractivity contribution in [3.8, 4) is 0 Å². The highest BCUT2D eigenvalue weighted by atomic mass is 16.5. The van der Waals surface area contributed by atoms with Gasteiger partial charge in [0.15, 0.2) is 0 Å². The van der Waals surface area contributed by atoms with E-state index in [4.69, 9.17) is 4.74 Å². The monoisotopic (exact) mass is 355 g/mol. The molecule has 0 aliphatic carbocycles. The summed E-state index contributed by atoms with van der Waals surface area (Å²) in [4.78, 5) is 35.9. The molecule has 2 rings (SSSR count). The lowest BCUT2D eigenvalue weighted by Gasteiger charge is -2.21. The molecule has 2 aromatic carbocycles. The van der Waals surface area contributed by atoms with Crippen LogP contribution in [0.3, 0.4) is 0 Å². The van der Waals surface area contributed by atoms with Crippen molar-refractivity contribution >= 4 is 17.8 Å². The van der Waals surface area contributed by atoms with Crippen LogP contribution in [0.25, 0.3) is 0 Å². The van der Waals surface area contributed by atoms with E-state index in [0.717, 1.165) is 11.1 Å². The number of carboxylic acid groups (broad SMARTS) is 1. The first-order valence-electron chi connectivity index (χ1n) is 8.31. The quantitative estimate of drug-likeness (QED) is 0.709. The van der Waals surface area contributed by atoms with Crippen molar-refractivity contribution in [1.82, 2.24) is 5.32 Å². The van der Waals surface area contributed by atoms with Crippen LogP contribution in [0.4, 0.5) is 0 Å². The Morgan fingerprint density at radius 2 is 1.46 bits per heavy atom. The molecule has 1 amide bonds. The first kappa shape index (κ1) is 19.2. The molecule has 0 heterocycles. The van der Waals surface area contributed by atoms with Crippen molar-refractivity contribution in [3.63, 3.8) is 0 Å². The molecule has 0 saturated carbocycles. The molecule has 2 N–H and O–H groups in total. The average Bonchev–Trinajstić information content (AvgIpc) is 2.63. The van der Waals surface area contributed by atoms with Crippen LogP contribution in [-0.2, 0) is 19.1 Å². The zero-order chi connectivity index (χ0) is 18.9. The normalized spacial score (nSPS) is 11.6. The van der Waals surface area contributed by atoms with Gasteiger partial charge in [0, 0.05) is 0 Å². The number of hydrogen-bond donors (Lipinski definition) is 2. The summed E-state index contributed by atoms with van der Waals surface area (Å²) in [6, 6.07) is 16.8. The Labute approximate surface area is 151 Å². The molecule has 0 fully saturated rings. The van der Waals surface area contributed by atoms with Crippen LogP contribution in [0.5, 0.6) is 0 Å². The highest BCUT2D eigenvalue weighted by molar-refractivity contribution is 5.92. The van der Waals surface area contributed by atoms with Gasteiger partial charge in [-0.05, 0) is 18.1 Å². The van der Waals surface area contributed by atoms with Crippen LogP contribution in [0, 0.1) is 0 Å². The van der Waals surface area contributed by atoms with Gasteiger partial charge >= 0.3 is 11.9 Å². The van der Waals surface area contributed by atoms with Crippen LogP contribution >= 0.6 is 0 Å². The largest absolute Gasteiger partial charge is 0.480 e. The highest BCUT2D eigenvalue weighted by Crippen LogP contribution is 2.25. The molecule has 0 radical (unpaired) electrons. The smallest absolute Gasteiger partial charge is 0.326 e. The van der Waals surface area contributed by atoms with E-state index in [9.17, 15) is 19.5 Å². The van der Waals surface area contributed by atoms with Gasteiger partial charge in [0.1, 0.15) is 6.04 Å². The molecule has 0 bridgehead atoms. The number of carbonyl (C=O) groups excluding carboxylic acids is 2. The molecule has 6 heteroatoms. The Morgan fingerprint density at radius 1 is 0.962 bits per heavy atom. The van der Waals surface area contributed by atoms with E-state index in [1.165, 1.54) is 0 Å². The Bertz CT molecular complexity index is 706. The second-order valence-electron chi connectivity index (χ2n) is 5.66. The molecule has 0 spiro atoms. The molecular weight excluding hydrogens is 334 g/mol. The lowest BCUT2D eigenvalue weighted by molar-refractivity contribution is -0.150. The Hall–Kier alpha value is -3.15. The SMILES string of the molecule is CCOC(=O)C[C@H](NC(=O)C(c1ccccc1)c1ccccc1)C(=O)O. The number of amides is 1. The minimum absolute atomic E-state index is 0.149. The fourth-order valence-electron chi connectivity index (χ4n) is 2.63. The summed E-state index contributed by atoms with van der Waals surface area (Å²) in [6.45, 7) is 1.78. The first-order chi connectivity index (χ1) is 12.5. The van der Waals surface area contributed by atoms with Crippen molar-refractivity contribution in [2.45, 2.75) is 25.3 Å². The predicted octanol–water partition coefficient (Wildman–Crippen LogP) is 2.34. The van der Waals surface area contributed by atoms with Crippen LogP contribution in [0.2, 0.25) is 0 Å². The van der Waals surface area contributed by atoms with Gasteiger partial charge in [-0.3, -0.25) is 9.59 Å². The third kappa shape index (κ3) is 5.17. The van der Waals surface area contributed by atoms with Gasteiger partial charge in [-0.25, -0.2) is 4.79 Å².